The molecule has 0 unspecified atom stereocenters. The molecule has 4 heteroatoms. The van der Waals surface area contributed by atoms with Gasteiger partial charge in [0.1, 0.15) is 0 Å². The Morgan fingerprint density at radius 1 is 1.23 bits per heavy atom. The molecular weight excluding hydrogens is 274 g/mol. The summed E-state index contributed by atoms with van der Waals surface area (Å²) in [5, 5.41) is 10.8. The van der Waals surface area contributed by atoms with Gasteiger partial charge in [-0.05, 0) is 55.2 Å². The highest BCUT2D eigenvalue weighted by Crippen LogP contribution is 2.24. The summed E-state index contributed by atoms with van der Waals surface area (Å²) in [4.78, 5) is 12.6. The normalized spacial score (nSPS) is 10.9. The number of aromatic nitrogens is 2. The fraction of sp³-hybridized carbons (Fsp3) is 0.222. The summed E-state index contributed by atoms with van der Waals surface area (Å²) in [6, 6.07) is 9.63. The van der Waals surface area contributed by atoms with Gasteiger partial charge in [-0.1, -0.05) is 19.1 Å². The SMILES string of the molecule is CCc1c(C)ccc(C(=O)Nc2cccc3[nH]ncc23)c1C. The van der Waals surface area contributed by atoms with Gasteiger partial charge in [-0.25, -0.2) is 0 Å². The molecule has 112 valence electrons. The van der Waals surface area contributed by atoms with Crippen molar-refractivity contribution in [1.82, 2.24) is 10.2 Å². The van der Waals surface area contributed by atoms with Crippen LogP contribution in [-0.4, -0.2) is 16.1 Å². The maximum Gasteiger partial charge on any atom is 0.255 e. The first-order chi connectivity index (χ1) is 10.6. The molecule has 2 aromatic carbocycles. The molecule has 1 amide bonds. The van der Waals surface area contributed by atoms with E-state index in [1.54, 1.807) is 6.20 Å². The maximum atomic E-state index is 12.6. The van der Waals surface area contributed by atoms with Gasteiger partial charge < -0.3 is 5.32 Å². The minimum Gasteiger partial charge on any atom is -0.321 e. The van der Waals surface area contributed by atoms with Crippen molar-refractivity contribution in [2.24, 2.45) is 0 Å². The molecule has 0 radical (unpaired) electrons. The van der Waals surface area contributed by atoms with Gasteiger partial charge in [0.25, 0.3) is 5.91 Å². The molecule has 0 atom stereocenters. The highest BCUT2D eigenvalue weighted by Gasteiger charge is 2.14. The van der Waals surface area contributed by atoms with Crippen LogP contribution in [0, 0.1) is 13.8 Å². The molecule has 2 N–H and O–H groups in total. The number of hydrogen-bond acceptors (Lipinski definition) is 2. The van der Waals surface area contributed by atoms with E-state index in [-0.39, 0.29) is 5.91 Å². The third-order valence-electron chi connectivity index (χ3n) is 4.16. The number of nitrogens with zero attached hydrogens (tertiary/aromatic N) is 1. The van der Waals surface area contributed by atoms with Crippen LogP contribution in [0.3, 0.4) is 0 Å². The lowest BCUT2D eigenvalue weighted by atomic mass is 9.95. The van der Waals surface area contributed by atoms with Crippen LogP contribution in [0.1, 0.15) is 34.0 Å². The lowest BCUT2D eigenvalue weighted by Gasteiger charge is -2.13. The predicted molar refractivity (Wildman–Crippen MR) is 89.3 cm³/mol. The first-order valence-electron chi connectivity index (χ1n) is 7.44. The molecule has 0 fully saturated rings. The first kappa shape index (κ1) is 14.3. The number of rotatable bonds is 3. The Bertz CT molecular complexity index is 849. The number of nitrogens with one attached hydrogen (secondary N) is 2. The lowest BCUT2D eigenvalue weighted by Crippen LogP contribution is -2.14. The van der Waals surface area contributed by atoms with Crippen LogP contribution in [-0.2, 0) is 6.42 Å². The summed E-state index contributed by atoms with van der Waals surface area (Å²) < 4.78 is 0. The Morgan fingerprint density at radius 3 is 2.82 bits per heavy atom. The number of carbonyl (C=O) groups is 1. The van der Waals surface area contributed by atoms with Crippen LogP contribution in [0.15, 0.2) is 36.5 Å². The van der Waals surface area contributed by atoms with Crippen LogP contribution in [0.5, 0.6) is 0 Å². The zero-order valence-electron chi connectivity index (χ0n) is 13.0. The van der Waals surface area contributed by atoms with Crippen molar-refractivity contribution >= 4 is 22.5 Å². The molecule has 1 heterocycles. The van der Waals surface area contributed by atoms with E-state index in [2.05, 4.69) is 29.4 Å². The minimum absolute atomic E-state index is 0.0825. The van der Waals surface area contributed by atoms with Crippen molar-refractivity contribution in [3.8, 4) is 0 Å². The molecule has 3 aromatic rings. The molecule has 0 saturated carbocycles. The quantitative estimate of drug-likeness (QED) is 0.767. The number of hydrogen-bond donors (Lipinski definition) is 2. The average Bonchev–Trinajstić information content (AvgIpc) is 2.97. The minimum atomic E-state index is -0.0825. The smallest absolute Gasteiger partial charge is 0.255 e. The highest BCUT2D eigenvalue weighted by molar-refractivity contribution is 6.09. The number of aryl methyl sites for hydroxylation is 1. The fourth-order valence-corrected chi connectivity index (χ4v) is 2.95. The van der Waals surface area contributed by atoms with Gasteiger partial charge in [0.2, 0.25) is 0 Å². The highest BCUT2D eigenvalue weighted by atomic mass is 16.1. The van der Waals surface area contributed by atoms with Crippen LogP contribution < -0.4 is 5.32 Å². The van der Waals surface area contributed by atoms with E-state index in [1.165, 1.54) is 11.1 Å². The molecule has 0 saturated heterocycles. The standard InChI is InChI=1S/C18H19N3O/c1-4-13-11(2)8-9-14(12(13)3)18(22)20-16-6-5-7-17-15(16)10-19-21-17/h5-10H,4H2,1-3H3,(H,19,21)(H,20,22). The number of aromatic amines is 1. The summed E-state index contributed by atoms with van der Waals surface area (Å²) in [6.45, 7) is 6.21. The van der Waals surface area contributed by atoms with Gasteiger partial charge in [0, 0.05) is 10.9 Å². The molecule has 0 aliphatic rings. The molecule has 3 rings (SSSR count). The zero-order chi connectivity index (χ0) is 15.7. The topological polar surface area (TPSA) is 57.8 Å². The number of anilines is 1. The molecule has 0 spiro atoms. The van der Waals surface area contributed by atoms with Crippen LogP contribution >= 0.6 is 0 Å². The van der Waals surface area contributed by atoms with Crippen molar-refractivity contribution in [2.45, 2.75) is 27.2 Å². The summed E-state index contributed by atoms with van der Waals surface area (Å²) in [7, 11) is 0. The lowest BCUT2D eigenvalue weighted by molar-refractivity contribution is 0.102. The summed E-state index contributed by atoms with van der Waals surface area (Å²) >= 11 is 0. The third kappa shape index (κ3) is 2.37. The van der Waals surface area contributed by atoms with Crippen LogP contribution in [0.2, 0.25) is 0 Å². The van der Waals surface area contributed by atoms with Crippen molar-refractivity contribution in [2.75, 3.05) is 5.32 Å². The molecule has 0 bridgehead atoms. The Hall–Kier alpha value is -2.62. The third-order valence-corrected chi connectivity index (χ3v) is 4.16. The molecule has 1 aromatic heterocycles. The van der Waals surface area contributed by atoms with Crippen LogP contribution in [0.4, 0.5) is 5.69 Å². The summed E-state index contributed by atoms with van der Waals surface area (Å²) in [6.07, 6.45) is 2.65. The molecular formula is C18H19N3O. The van der Waals surface area contributed by atoms with Crippen molar-refractivity contribution < 1.29 is 4.79 Å². The largest absolute Gasteiger partial charge is 0.321 e. The number of carbonyl (C=O) groups excluding carboxylic acids is 1. The number of H-pyrrole nitrogens is 1. The number of fused-ring (bicyclic) bond motifs is 1. The second-order valence-electron chi connectivity index (χ2n) is 5.48. The van der Waals surface area contributed by atoms with E-state index < -0.39 is 0 Å². The Balaban J connectivity index is 1.97. The van der Waals surface area contributed by atoms with Crippen LogP contribution in [0.25, 0.3) is 10.9 Å². The van der Waals surface area contributed by atoms with Gasteiger partial charge in [-0.3, -0.25) is 9.89 Å². The Labute approximate surface area is 129 Å². The molecule has 4 nitrogen and oxygen atoms in total. The van der Waals surface area contributed by atoms with Crippen molar-refractivity contribution in [3.63, 3.8) is 0 Å². The second kappa shape index (κ2) is 5.64. The van der Waals surface area contributed by atoms with Gasteiger partial charge in [-0.2, -0.15) is 5.10 Å². The fourth-order valence-electron chi connectivity index (χ4n) is 2.95. The molecule has 0 aliphatic carbocycles. The van der Waals surface area contributed by atoms with E-state index in [0.29, 0.717) is 0 Å². The molecule has 0 aliphatic heterocycles. The Kier molecular flexibility index (Phi) is 3.67. The zero-order valence-corrected chi connectivity index (χ0v) is 13.0. The van der Waals surface area contributed by atoms with E-state index in [9.17, 15) is 4.79 Å². The monoisotopic (exact) mass is 293 g/mol. The first-order valence-corrected chi connectivity index (χ1v) is 7.44. The second-order valence-corrected chi connectivity index (χ2v) is 5.48. The van der Waals surface area contributed by atoms with E-state index in [0.717, 1.165) is 34.1 Å². The Morgan fingerprint density at radius 2 is 2.05 bits per heavy atom. The van der Waals surface area contributed by atoms with E-state index >= 15 is 0 Å². The van der Waals surface area contributed by atoms with Crippen molar-refractivity contribution in [3.05, 3.63) is 58.8 Å². The van der Waals surface area contributed by atoms with E-state index in [1.807, 2.05) is 37.3 Å². The number of benzene rings is 2. The summed E-state index contributed by atoms with van der Waals surface area (Å²) in [5.74, 6) is -0.0825. The predicted octanol–water partition coefficient (Wildman–Crippen LogP) is 3.99. The maximum absolute atomic E-state index is 12.6. The van der Waals surface area contributed by atoms with Gasteiger partial charge in [0.15, 0.2) is 0 Å². The molecule has 22 heavy (non-hydrogen) atoms. The van der Waals surface area contributed by atoms with Crippen molar-refractivity contribution in [1.29, 1.82) is 0 Å². The van der Waals surface area contributed by atoms with E-state index in [4.69, 9.17) is 0 Å². The van der Waals surface area contributed by atoms with Gasteiger partial charge in [0.05, 0.1) is 17.4 Å². The number of amides is 1. The average molecular weight is 293 g/mol. The van der Waals surface area contributed by atoms with Gasteiger partial charge in [-0.15, -0.1) is 0 Å². The van der Waals surface area contributed by atoms with Gasteiger partial charge >= 0.3 is 0 Å². The summed E-state index contributed by atoms with van der Waals surface area (Å²) in [5.41, 5.74) is 5.94.